The first kappa shape index (κ1) is 16.9. The Morgan fingerprint density at radius 1 is 1.46 bits per heavy atom. The lowest BCUT2D eigenvalue weighted by atomic mass is 10.1. The normalized spacial score (nSPS) is 11.1. The third-order valence-corrected chi connectivity index (χ3v) is 6.16. The number of carboxylic acids is 1. The average Bonchev–Trinajstić information content (AvgIpc) is 3.08. The fourth-order valence-electron chi connectivity index (χ4n) is 2.35. The maximum absolute atomic E-state index is 11.2. The van der Waals surface area contributed by atoms with E-state index in [-0.39, 0.29) is 10.6 Å². The Morgan fingerprint density at radius 3 is 2.83 bits per heavy atom. The number of hydrogen-bond acceptors (Lipinski definition) is 7. The molecule has 0 aliphatic heterocycles. The molecular weight excluding hydrogens is 370 g/mol. The lowest BCUT2D eigenvalue weighted by molar-refractivity contribution is 0.0703. The number of thiophene rings is 1. The van der Waals surface area contributed by atoms with Gasteiger partial charge in [-0.3, -0.25) is 0 Å². The number of aromatic carboxylic acids is 1. The van der Waals surface area contributed by atoms with Crippen LogP contribution in [0, 0.1) is 13.8 Å². The molecule has 0 spiro atoms. The maximum Gasteiger partial charge on any atom is 0.348 e. The largest absolute Gasteiger partial charge is 0.477 e. The van der Waals surface area contributed by atoms with Crippen molar-refractivity contribution in [2.75, 3.05) is 12.3 Å². The number of ether oxygens (including phenoxy) is 1. The topological polar surface area (TPSA) is 98.3 Å². The fourth-order valence-corrected chi connectivity index (χ4v) is 4.29. The predicted molar refractivity (Wildman–Crippen MR) is 96.8 cm³/mol. The summed E-state index contributed by atoms with van der Waals surface area (Å²) >= 11 is 8.93. The molecule has 3 N–H and O–H groups in total. The SMILES string of the molecule is Cc1ncsc1CCOc1nc2sc(C(=O)O)c(N)c2c(C)c1Cl. The lowest BCUT2D eigenvalue weighted by Gasteiger charge is -2.09. The summed E-state index contributed by atoms with van der Waals surface area (Å²) in [6, 6.07) is 0. The molecule has 0 aliphatic rings. The first-order chi connectivity index (χ1) is 11.4. The van der Waals surface area contributed by atoms with Crippen LogP contribution < -0.4 is 10.5 Å². The van der Waals surface area contributed by atoms with Crippen LogP contribution in [0.4, 0.5) is 5.69 Å². The van der Waals surface area contributed by atoms with Gasteiger partial charge in [-0.05, 0) is 19.4 Å². The Labute approximate surface area is 150 Å². The molecule has 126 valence electrons. The molecule has 3 rings (SSSR count). The van der Waals surface area contributed by atoms with Gasteiger partial charge in [0, 0.05) is 16.7 Å². The Hall–Kier alpha value is -1.90. The van der Waals surface area contributed by atoms with E-state index in [2.05, 4.69) is 9.97 Å². The van der Waals surface area contributed by atoms with Crippen LogP contribution in [0.15, 0.2) is 5.51 Å². The zero-order valence-corrected chi connectivity index (χ0v) is 15.3. The molecule has 0 unspecified atom stereocenters. The van der Waals surface area contributed by atoms with Gasteiger partial charge in [0.25, 0.3) is 0 Å². The molecule has 3 heterocycles. The summed E-state index contributed by atoms with van der Waals surface area (Å²) < 4.78 is 5.72. The van der Waals surface area contributed by atoms with E-state index in [1.54, 1.807) is 23.8 Å². The number of rotatable bonds is 5. The van der Waals surface area contributed by atoms with Crippen LogP contribution in [0.25, 0.3) is 10.2 Å². The molecule has 3 aromatic rings. The molecule has 0 amide bonds. The van der Waals surface area contributed by atoms with E-state index >= 15 is 0 Å². The number of carboxylic acid groups (broad SMARTS) is 1. The van der Waals surface area contributed by atoms with Crippen molar-refractivity contribution in [3.05, 3.63) is 31.5 Å². The molecule has 24 heavy (non-hydrogen) atoms. The van der Waals surface area contributed by atoms with E-state index in [4.69, 9.17) is 22.1 Å². The molecule has 0 atom stereocenters. The zero-order chi connectivity index (χ0) is 17.4. The number of nitrogens with two attached hydrogens (primary N) is 1. The van der Waals surface area contributed by atoms with Crippen molar-refractivity contribution in [1.29, 1.82) is 0 Å². The van der Waals surface area contributed by atoms with Gasteiger partial charge in [0.2, 0.25) is 5.88 Å². The van der Waals surface area contributed by atoms with Crippen molar-refractivity contribution in [2.45, 2.75) is 20.3 Å². The van der Waals surface area contributed by atoms with Crippen LogP contribution in [0.3, 0.4) is 0 Å². The number of nitrogens with zero attached hydrogens (tertiary/aromatic N) is 2. The van der Waals surface area contributed by atoms with E-state index in [1.807, 2.05) is 6.92 Å². The molecule has 6 nitrogen and oxygen atoms in total. The standard InChI is InChI=1S/C15H14ClN3O3S2/c1-6-9-11(17)12(15(20)21)24-14(9)19-13(10(6)16)22-4-3-8-7(2)18-5-23-8/h5H,3-4,17H2,1-2H3,(H,20,21). The summed E-state index contributed by atoms with van der Waals surface area (Å²) in [5, 5.41) is 10.1. The highest BCUT2D eigenvalue weighted by atomic mass is 35.5. The van der Waals surface area contributed by atoms with E-state index in [0.717, 1.165) is 21.9 Å². The Balaban J connectivity index is 1.90. The summed E-state index contributed by atoms with van der Waals surface area (Å²) in [4.78, 5) is 21.5. The van der Waals surface area contributed by atoms with E-state index in [1.165, 1.54) is 0 Å². The summed E-state index contributed by atoms with van der Waals surface area (Å²) in [5.74, 6) is -0.781. The van der Waals surface area contributed by atoms with Crippen LogP contribution in [0.1, 0.15) is 25.8 Å². The van der Waals surface area contributed by atoms with Gasteiger partial charge in [-0.1, -0.05) is 11.6 Å². The Bertz CT molecular complexity index is 936. The van der Waals surface area contributed by atoms with E-state index in [9.17, 15) is 9.90 Å². The van der Waals surface area contributed by atoms with Crippen molar-refractivity contribution >= 4 is 56.1 Å². The average molecular weight is 384 g/mol. The number of nitrogen functional groups attached to an aromatic ring is 1. The minimum absolute atomic E-state index is 0.0640. The van der Waals surface area contributed by atoms with Gasteiger partial charge in [-0.2, -0.15) is 0 Å². The highest BCUT2D eigenvalue weighted by molar-refractivity contribution is 7.21. The maximum atomic E-state index is 11.2. The summed E-state index contributed by atoms with van der Waals surface area (Å²) in [7, 11) is 0. The Kier molecular flexibility index (Phi) is 4.62. The molecular formula is C15H14ClN3O3S2. The first-order valence-corrected chi connectivity index (χ1v) is 9.10. The second kappa shape index (κ2) is 6.54. The minimum Gasteiger partial charge on any atom is -0.477 e. The van der Waals surface area contributed by atoms with Crippen molar-refractivity contribution in [3.63, 3.8) is 0 Å². The van der Waals surface area contributed by atoms with Crippen LogP contribution in [-0.2, 0) is 6.42 Å². The van der Waals surface area contributed by atoms with Crippen molar-refractivity contribution in [3.8, 4) is 5.88 Å². The number of thiazole rings is 1. The third-order valence-electron chi connectivity index (χ3n) is 3.63. The van der Waals surface area contributed by atoms with Crippen LogP contribution in [-0.4, -0.2) is 27.7 Å². The summed E-state index contributed by atoms with van der Waals surface area (Å²) in [6.45, 7) is 4.14. The second-order valence-corrected chi connectivity index (χ2v) is 7.46. The molecule has 0 aromatic carbocycles. The van der Waals surface area contributed by atoms with Gasteiger partial charge in [-0.15, -0.1) is 22.7 Å². The van der Waals surface area contributed by atoms with Gasteiger partial charge in [0.1, 0.15) is 14.7 Å². The second-order valence-electron chi connectivity index (χ2n) is 5.15. The lowest BCUT2D eigenvalue weighted by Crippen LogP contribution is -2.04. The summed E-state index contributed by atoms with van der Waals surface area (Å²) in [6.07, 6.45) is 0.707. The Morgan fingerprint density at radius 2 is 2.21 bits per heavy atom. The minimum atomic E-state index is -1.07. The number of aromatic nitrogens is 2. The highest BCUT2D eigenvalue weighted by Crippen LogP contribution is 2.40. The zero-order valence-electron chi connectivity index (χ0n) is 12.9. The van der Waals surface area contributed by atoms with Gasteiger partial charge < -0.3 is 15.6 Å². The van der Waals surface area contributed by atoms with Gasteiger partial charge >= 0.3 is 5.97 Å². The highest BCUT2D eigenvalue weighted by Gasteiger charge is 2.21. The molecule has 9 heteroatoms. The molecule has 0 fully saturated rings. The number of anilines is 1. The number of fused-ring (bicyclic) bond motifs is 1. The molecule has 0 bridgehead atoms. The van der Waals surface area contributed by atoms with Crippen molar-refractivity contribution in [1.82, 2.24) is 9.97 Å². The van der Waals surface area contributed by atoms with Crippen LogP contribution in [0.2, 0.25) is 5.02 Å². The van der Waals surface area contributed by atoms with Gasteiger partial charge in [0.15, 0.2) is 0 Å². The summed E-state index contributed by atoms with van der Waals surface area (Å²) in [5.41, 5.74) is 9.59. The number of aryl methyl sites for hydroxylation is 2. The van der Waals surface area contributed by atoms with E-state index in [0.29, 0.717) is 39.7 Å². The number of carbonyl (C=O) groups is 1. The third kappa shape index (κ3) is 2.92. The van der Waals surface area contributed by atoms with Gasteiger partial charge in [-0.25, -0.2) is 14.8 Å². The van der Waals surface area contributed by atoms with Gasteiger partial charge in [0.05, 0.1) is 23.5 Å². The molecule has 0 aliphatic carbocycles. The van der Waals surface area contributed by atoms with Crippen LogP contribution in [0.5, 0.6) is 5.88 Å². The van der Waals surface area contributed by atoms with Crippen LogP contribution >= 0.6 is 34.3 Å². The van der Waals surface area contributed by atoms with Crippen molar-refractivity contribution in [2.24, 2.45) is 0 Å². The fraction of sp³-hybridized carbons (Fsp3) is 0.267. The molecule has 3 aromatic heterocycles. The quantitative estimate of drug-likeness (QED) is 0.692. The smallest absolute Gasteiger partial charge is 0.348 e. The number of pyridine rings is 1. The number of hydrogen-bond donors (Lipinski definition) is 2. The number of halogens is 1. The monoisotopic (exact) mass is 383 g/mol. The molecule has 0 saturated carbocycles. The molecule has 0 saturated heterocycles. The van der Waals surface area contributed by atoms with E-state index < -0.39 is 5.97 Å². The first-order valence-electron chi connectivity index (χ1n) is 7.03. The predicted octanol–water partition coefficient (Wildman–Crippen LogP) is 3.92. The molecule has 0 radical (unpaired) electrons. The van der Waals surface area contributed by atoms with Crippen molar-refractivity contribution < 1.29 is 14.6 Å².